The van der Waals surface area contributed by atoms with E-state index < -0.39 is 17.5 Å². The summed E-state index contributed by atoms with van der Waals surface area (Å²) < 4.78 is 0. The lowest BCUT2D eigenvalue weighted by molar-refractivity contribution is -0.268. The van der Waals surface area contributed by atoms with Crippen LogP contribution in [0, 0.1) is 0 Å². The second kappa shape index (κ2) is 5.66. The molecule has 0 aliphatic heterocycles. The molecule has 0 aliphatic carbocycles. The number of hydrogen-bond donors (Lipinski definition) is 1. The van der Waals surface area contributed by atoms with Crippen molar-refractivity contribution in [3.05, 3.63) is 59.2 Å². The Bertz CT molecular complexity index is 707. The minimum absolute atomic E-state index is 0.0136. The van der Waals surface area contributed by atoms with Crippen LogP contribution in [0.4, 0.5) is 5.69 Å². The molecule has 0 saturated carbocycles. The lowest BCUT2D eigenvalue weighted by Crippen LogP contribution is -2.13. The maximum absolute atomic E-state index is 12.4. The molecule has 0 aliphatic rings. The topological polar surface area (TPSA) is 80.7 Å². The number of ketones is 1. The van der Waals surface area contributed by atoms with Crippen LogP contribution in [0.5, 0.6) is 5.75 Å². The van der Waals surface area contributed by atoms with Gasteiger partial charge in [0, 0.05) is 30.9 Å². The smallest absolute Gasteiger partial charge is 0.336 e. The predicted octanol–water partition coefficient (Wildman–Crippen LogP) is 1.76. The lowest BCUT2D eigenvalue weighted by atomic mass is 9.97. The number of aromatic carboxylic acids is 1. The standard InChI is InChI=1S/C16H15NO4/c1-17(2)10-7-8-13(14(18)9-10)15(19)11-5-3-4-6-12(11)16(20)21/h3-9,18H,1-2H3,(H,20,21)/p-1. The van der Waals surface area contributed by atoms with Crippen LogP contribution in [-0.4, -0.2) is 31.0 Å². The van der Waals surface area contributed by atoms with Gasteiger partial charge in [0.25, 0.3) is 0 Å². The predicted molar refractivity (Wildman–Crippen MR) is 77.0 cm³/mol. The zero-order chi connectivity index (χ0) is 15.6. The van der Waals surface area contributed by atoms with Crippen molar-refractivity contribution >= 4 is 17.4 Å². The van der Waals surface area contributed by atoms with Crippen LogP contribution in [-0.2, 0) is 0 Å². The molecule has 0 spiro atoms. The molecule has 2 rings (SSSR count). The normalized spacial score (nSPS) is 10.2. The molecule has 0 atom stereocenters. The molecular weight excluding hydrogens is 270 g/mol. The summed E-state index contributed by atoms with van der Waals surface area (Å²) in [4.78, 5) is 25.3. The first kappa shape index (κ1) is 14.6. The largest absolute Gasteiger partial charge is 0.872 e. The van der Waals surface area contributed by atoms with Gasteiger partial charge in [-0.2, -0.15) is 0 Å². The third-order valence-electron chi connectivity index (χ3n) is 3.13. The van der Waals surface area contributed by atoms with Crippen molar-refractivity contribution in [3.8, 4) is 5.75 Å². The highest BCUT2D eigenvalue weighted by molar-refractivity contribution is 6.15. The molecule has 1 N–H and O–H groups in total. The van der Waals surface area contributed by atoms with E-state index in [0.717, 1.165) is 0 Å². The van der Waals surface area contributed by atoms with E-state index >= 15 is 0 Å². The molecule has 0 heterocycles. The Labute approximate surface area is 122 Å². The van der Waals surface area contributed by atoms with E-state index in [1.807, 2.05) is 0 Å². The summed E-state index contributed by atoms with van der Waals surface area (Å²) in [5.74, 6) is -2.20. The molecule has 5 nitrogen and oxygen atoms in total. The number of carbonyl (C=O) groups is 2. The molecule has 2 aromatic rings. The van der Waals surface area contributed by atoms with Crippen molar-refractivity contribution in [2.45, 2.75) is 0 Å². The van der Waals surface area contributed by atoms with Gasteiger partial charge in [0.2, 0.25) is 0 Å². The van der Waals surface area contributed by atoms with Gasteiger partial charge in [0.15, 0.2) is 5.78 Å². The lowest BCUT2D eigenvalue weighted by Gasteiger charge is -2.19. The summed E-state index contributed by atoms with van der Waals surface area (Å²) in [6.07, 6.45) is 0. The van der Waals surface area contributed by atoms with Crippen LogP contribution in [0.25, 0.3) is 0 Å². The molecule has 108 valence electrons. The van der Waals surface area contributed by atoms with Gasteiger partial charge < -0.3 is 15.1 Å². The fourth-order valence-corrected chi connectivity index (χ4v) is 1.99. The minimum atomic E-state index is -1.20. The quantitative estimate of drug-likeness (QED) is 0.865. The number of hydrogen-bond acceptors (Lipinski definition) is 4. The first-order valence-corrected chi connectivity index (χ1v) is 6.27. The van der Waals surface area contributed by atoms with Gasteiger partial charge in [-0.15, -0.1) is 0 Å². The number of carboxylic acid groups (broad SMARTS) is 1. The molecule has 0 bridgehead atoms. The van der Waals surface area contributed by atoms with Gasteiger partial charge in [0.05, 0.1) is 5.56 Å². The number of carboxylic acids is 1. The van der Waals surface area contributed by atoms with Crippen LogP contribution in [0.3, 0.4) is 0 Å². The van der Waals surface area contributed by atoms with Crippen LogP contribution < -0.4 is 10.0 Å². The Balaban J connectivity index is 2.48. The summed E-state index contributed by atoms with van der Waals surface area (Å²) in [6, 6.07) is 10.3. The van der Waals surface area contributed by atoms with E-state index in [9.17, 15) is 14.7 Å². The monoisotopic (exact) mass is 284 g/mol. The van der Waals surface area contributed by atoms with E-state index in [2.05, 4.69) is 0 Å². The first-order chi connectivity index (χ1) is 9.91. The van der Waals surface area contributed by atoms with E-state index in [0.29, 0.717) is 5.69 Å². The van der Waals surface area contributed by atoms with Crippen molar-refractivity contribution in [1.82, 2.24) is 0 Å². The first-order valence-electron chi connectivity index (χ1n) is 6.27. The number of benzene rings is 2. The average molecular weight is 284 g/mol. The highest BCUT2D eigenvalue weighted by Crippen LogP contribution is 2.24. The number of anilines is 1. The van der Waals surface area contributed by atoms with Crippen molar-refractivity contribution in [2.24, 2.45) is 0 Å². The van der Waals surface area contributed by atoms with Gasteiger partial charge in [-0.3, -0.25) is 4.79 Å². The average Bonchev–Trinajstić information content (AvgIpc) is 2.46. The van der Waals surface area contributed by atoms with Crippen molar-refractivity contribution in [1.29, 1.82) is 0 Å². The van der Waals surface area contributed by atoms with Crippen molar-refractivity contribution in [3.63, 3.8) is 0 Å². The van der Waals surface area contributed by atoms with Gasteiger partial charge in [-0.25, -0.2) is 4.79 Å². The summed E-state index contributed by atoms with van der Waals surface area (Å²) in [6.45, 7) is 0. The van der Waals surface area contributed by atoms with Gasteiger partial charge in [-0.1, -0.05) is 23.9 Å². The third kappa shape index (κ3) is 2.86. The second-order valence-electron chi connectivity index (χ2n) is 4.75. The molecule has 0 amide bonds. The van der Waals surface area contributed by atoms with E-state index in [1.165, 1.54) is 30.3 Å². The molecule has 0 fully saturated rings. The van der Waals surface area contributed by atoms with Crippen LogP contribution >= 0.6 is 0 Å². The van der Waals surface area contributed by atoms with Crippen molar-refractivity contribution < 1.29 is 19.8 Å². The minimum Gasteiger partial charge on any atom is -0.872 e. The SMILES string of the molecule is CN(C)c1ccc(C(=O)c2ccccc2C(=O)O)c([O-])c1. The summed E-state index contributed by atoms with van der Waals surface area (Å²) in [7, 11) is 3.58. The van der Waals surface area contributed by atoms with Crippen molar-refractivity contribution in [2.75, 3.05) is 19.0 Å². The molecule has 0 radical (unpaired) electrons. The summed E-state index contributed by atoms with van der Waals surface area (Å²) >= 11 is 0. The Morgan fingerprint density at radius 2 is 1.62 bits per heavy atom. The van der Waals surface area contributed by atoms with E-state index in [-0.39, 0.29) is 16.7 Å². The van der Waals surface area contributed by atoms with Gasteiger partial charge >= 0.3 is 5.97 Å². The van der Waals surface area contributed by atoms with E-state index in [4.69, 9.17) is 5.11 Å². The molecule has 2 aromatic carbocycles. The highest BCUT2D eigenvalue weighted by Gasteiger charge is 2.17. The third-order valence-corrected chi connectivity index (χ3v) is 3.13. The summed E-state index contributed by atoms with van der Waals surface area (Å²) in [5.41, 5.74) is 0.552. The molecule has 0 saturated heterocycles. The Hall–Kier alpha value is -2.82. The molecule has 0 unspecified atom stereocenters. The fourth-order valence-electron chi connectivity index (χ4n) is 1.99. The number of rotatable bonds is 4. The van der Waals surface area contributed by atoms with Gasteiger partial charge in [-0.05, 0) is 24.3 Å². The number of carbonyl (C=O) groups excluding carboxylic acids is 1. The summed E-state index contributed by atoms with van der Waals surface area (Å²) in [5, 5.41) is 21.2. The second-order valence-corrected chi connectivity index (χ2v) is 4.75. The number of nitrogens with zero attached hydrogens (tertiary/aromatic N) is 1. The zero-order valence-electron chi connectivity index (χ0n) is 11.7. The van der Waals surface area contributed by atoms with Crippen LogP contribution in [0.15, 0.2) is 42.5 Å². The molecule has 21 heavy (non-hydrogen) atoms. The van der Waals surface area contributed by atoms with Crippen LogP contribution in [0.1, 0.15) is 26.3 Å². The fraction of sp³-hybridized carbons (Fsp3) is 0.125. The van der Waals surface area contributed by atoms with E-state index in [1.54, 1.807) is 31.1 Å². The Morgan fingerprint density at radius 1 is 1.00 bits per heavy atom. The molecule has 5 heteroatoms. The Morgan fingerprint density at radius 3 is 2.14 bits per heavy atom. The highest BCUT2D eigenvalue weighted by atomic mass is 16.4. The maximum Gasteiger partial charge on any atom is 0.336 e. The Kier molecular flexibility index (Phi) is 3.93. The maximum atomic E-state index is 12.4. The zero-order valence-corrected chi connectivity index (χ0v) is 11.7. The van der Waals surface area contributed by atoms with Crippen LogP contribution in [0.2, 0.25) is 0 Å². The molecular formula is C16H14NO4-. The molecule has 0 aromatic heterocycles. The van der Waals surface area contributed by atoms with Gasteiger partial charge in [0.1, 0.15) is 0 Å².